The zero-order valence-electron chi connectivity index (χ0n) is 9.82. The van der Waals surface area contributed by atoms with E-state index in [9.17, 15) is 5.11 Å². The van der Waals surface area contributed by atoms with Crippen molar-refractivity contribution < 1.29 is 10.2 Å². The zero-order chi connectivity index (χ0) is 11.3. The molecule has 1 aliphatic carbocycles. The van der Waals surface area contributed by atoms with Crippen LogP contribution in [-0.4, -0.2) is 61.1 Å². The highest BCUT2D eigenvalue weighted by Gasteiger charge is 2.26. The molecule has 3 unspecified atom stereocenters. The molecule has 3 atom stereocenters. The Labute approximate surface area is 92.3 Å². The van der Waals surface area contributed by atoms with Gasteiger partial charge in [0.05, 0.1) is 6.10 Å². The van der Waals surface area contributed by atoms with Crippen LogP contribution in [0.3, 0.4) is 0 Å². The van der Waals surface area contributed by atoms with Gasteiger partial charge in [-0.1, -0.05) is 6.42 Å². The molecule has 0 aromatic heterocycles. The number of likely N-dealkylation sites (N-methyl/N-ethyl adjacent to an activating group) is 1. The molecular formula is C11H24N2O2. The molecule has 3 N–H and O–H groups in total. The minimum atomic E-state index is -0.319. The van der Waals surface area contributed by atoms with Crippen molar-refractivity contribution in [2.24, 2.45) is 5.92 Å². The van der Waals surface area contributed by atoms with Crippen LogP contribution in [0.25, 0.3) is 0 Å². The van der Waals surface area contributed by atoms with Gasteiger partial charge < -0.3 is 20.4 Å². The van der Waals surface area contributed by atoms with Gasteiger partial charge in [-0.3, -0.25) is 0 Å². The number of nitrogens with one attached hydrogen (secondary N) is 1. The van der Waals surface area contributed by atoms with Crippen molar-refractivity contribution in [3.63, 3.8) is 0 Å². The Balaban J connectivity index is 2.18. The summed E-state index contributed by atoms with van der Waals surface area (Å²) >= 11 is 0. The van der Waals surface area contributed by atoms with Crippen LogP contribution in [0.4, 0.5) is 0 Å². The lowest BCUT2D eigenvalue weighted by Crippen LogP contribution is -2.41. The van der Waals surface area contributed by atoms with E-state index < -0.39 is 0 Å². The van der Waals surface area contributed by atoms with Crippen LogP contribution >= 0.6 is 0 Å². The van der Waals surface area contributed by atoms with Gasteiger partial charge in [-0.05, 0) is 32.9 Å². The van der Waals surface area contributed by atoms with Crippen molar-refractivity contribution in [3.8, 4) is 0 Å². The summed E-state index contributed by atoms with van der Waals surface area (Å²) in [4.78, 5) is 1.98. The molecule has 4 heteroatoms. The quantitative estimate of drug-likeness (QED) is 0.568. The molecule has 0 aliphatic heterocycles. The lowest BCUT2D eigenvalue weighted by molar-refractivity contribution is 0.124. The first-order valence-corrected chi connectivity index (χ1v) is 5.80. The van der Waals surface area contributed by atoms with Gasteiger partial charge in [0, 0.05) is 25.7 Å². The van der Waals surface area contributed by atoms with Crippen molar-refractivity contribution in [2.75, 3.05) is 33.8 Å². The second-order valence-electron chi connectivity index (χ2n) is 4.80. The van der Waals surface area contributed by atoms with Crippen LogP contribution in [-0.2, 0) is 0 Å². The Morgan fingerprint density at radius 2 is 2.13 bits per heavy atom. The fourth-order valence-electron chi connectivity index (χ4n) is 2.30. The van der Waals surface area contributed by atoms with E-state index in [1.807, 2.05) is 19.0 Å². The zero-order valence-corrected chi connectivity index (χ0v) is 9.82. The van der Waals surface area contributed by atoms with E-state index in [1.165, 1.54) is 6.42 Å². The smallest absolute Gasteiger partial charge is 0.0791 e. The number of aliphatic hydroxyl groups excluding tert-OH is 2. The third-order valence-corrected chi connectivity index (χ3v) is 3.09. The highest BCUT2D eigenvalue weighted by atomic mass is 16.3. The highest BCUT2D eigenvalue weighted by molar-refractivity contribution is 4.83. The van der Waals surface area contributed by atoms with E-state index in [2.05, 4.69) is 5.32 Å². The SMILES string of the molecule is CN(C)CC(O)CNC1CCCC1CO. The van der Waals surface area contributed by atoms with E-state index >= 15 is 0 Å². The molecule has 1 saturated carbocycles. The Morgan fingerprint density at radius 1 is 1.40 bits per heavy atom. The molecule has 1 rings (SSSR count). The first-order valence-electron chi connectivity index (χ1n) is 5.80. The van der Waals surface area contributed by atoms with E-state index in [0.717, 1.165) is 12.8 Å². The summed E-state index contributed by atoms with van der Waals surface area (Å²) in [7, 11) is 3.91. The summed E-state index contributed by atoms with van der Waals surface area (Å²) in [6.45, 7) is 1.57. The molecule has 0 heterocycles. The van der Waals surface area contributed by atoms with Crippen molar-refractivity contribution in [1.82, 2.24) is 10.2 Å². The molecule has 0 bridgehead atoms. The Bertz CT molecular complexity index is 176. The summed E-state index contributed by atoms with van der Waals surface area (Å²) in [5.41, 5.74) is 0. The normalized spacial score (nSPS) is 28.6. The summed E-state index contributed by atoms with van der Waals surface area (Å²) in [6, 6.07) is 0.395. The third-order valence-electron chi connectivity index (χ3n) is 3.09. The number of hydrogen-bond donors (Lipinski definition) is 3. The first-order chi connectivity index (χ1) is 7.13. The van der Waals surface area contributed by atoms with Gasteiger partial charge in [0.15, 0.2) is 0 Å². The van der Waals surface area contributed by atoms with Gasteiger partial charge >= 0.3 is 0 Å². The maximum absolute atomic E-state index is 9.67. The van der Waals surface area contributed by atoms with Crippen LogP contribution in [0.2, 0.25) is 0 Å². The van der Waals surface area contributed by atoms with Crippen LogP contribution in [0.1, 0.15) is 19.3 Å². The summed E-state index contributed by atoms with van der Waals surface area (Å²) in [5, 5.41) is 22.2. The summed E-state index contributed by atoms with van der Waals surface area (Å²) < 4.78 is 0. The predicted molar refractivity (Wildman–Crippen MR) is 60.8 cm³/mol. The van der Waals surface area contributed by atoms with E-state index in [4.69, 9.17) is 5.11 Å². The molecule has 90 valence electrons. The standard InChI is InChI=1S/C11H24N2O2/c1-13(2)7-10(15)6-12-11-5-3-4-9(11)8-14/h9-12,14-15H,3-8H2,1-2H3. The average Bonchev–Trinajstić information content (AvgIpc) is 2.60. The Kier molecular flexibility index (Phi) is 5.53. The van der Waals surface area contributed by atoms with Crippen molar-refractivity contribution in [2.45, 2.75) is 31.4 Å². The minimum Gasteiger partial charge on any atom is -0.396 e. The number of nitrogens with zero attached hydrogens (tertiary/aromatic N) is 1. The lowest BCUT2D eigenvalue weighted by atomic mass is 10.1. The molecule has 0 amide bonds. The van der Waals surface area contributed by atoms with Gasteiger partial charge in [-0.2, -0.15) is 0 Å². The number of hydrogen-bond acceptors (Lipinski definition) is 4. The summed E-state index contributed by atoms with van der Waals surface area (Å²) in [6.07, 6.45) is 3.10. The van der Waals surface area contributed by atoms with Crippen LogP contribution in [0.5, 0.6) is 0 Å². The second-order valence-corrected chi connectivity index (χ2v) is 4.80. The van der Waals surface area contributed by atoms with Crippen molar-refractivity contribution in [3.05, 3.63) is 0 Å². The maximum atomic E-state index is 9.67. The monoisotopic (exact) mass is 216 g/mol. The van der Waals surface area contributed by atoms with Gasteiger partial charge in [0.2, 0.25) is 0 Å². The second kappa shape index (κ2) is 6.43. The molecule has 0 aromatic rings. The summed E-state index contributed by atoms with van der Waals surface area (Å²) in [5.74, 6) is 0.386. The minimum absolute atomic E-state index is 0.265. The molecule has 0 spiro atoms. The van der Waals surface area contributed by atoms with E-state index in [0.29, 0.717) is 25.0 Å². The molecular weight excluding hydrogens is 192 g/mol. The Morgan fingerprint density at radius 3 is 2.73 bits per heavy atom. The largest absolute Gasteiger partial charge is 0.396 e. The maximum Gasteiger partial charge on any atom is 0.0791 e. The van der Waals surface area contributed by atoms with Gasteiger partial charge in [0.25, 0.3) is 0 Å². The number of aliphatic hydroxyl groups is 2. The third kappa shape index (κ3) is 4.47. The topological polar surface area (TPSA) is 55.7 Å². The van der Waals surface area contributed by atoms with Gasteiger partial charge in [-0.15, -0.1) is 0 Å². The first kappa shape index (κ1) is 12.9. The van der Waals surface area contributed by atoms with Crippen molar-refractivity contribution >= 4 is 0 Å². The fourth-order valence-corrected chi connectivity index (χ4v) is 2.30. The molecule has 1 fully saturated rings. The number of rotatable bonds is 6. The van der Waals surface area contributed by atoms with Crippen molar-refractivity contribution in [1.29, 1.82) is 0 Å². The lowest BCUT2D eigenvalue weighted by Gasteiger charge is -2.22. The molecule has 0 radical (unpaired) electrons. The highest BCUT2D eigenvalue weighted by Crippen LogP contribution is 2.24. The van der Waals surface area contributed by atoms with Crippen LogP contribution < -0.4 is 5.32 Å². The molecule has 4 nitrogen and oxygen atoms in total. The fraction of sp³-hybridized carbons (Fsp3) is 1.00. The van der Waals surface area contributed by atoms with Gasteiger partial charge in [0.1, 0.15) is 0 Å². The average molecular weight is 216 g/mol. The molecule has 0 saturated heterocycles. The van der Waals surface area contributed by atoms with E-state index in [1.54, 1.807) is 0 Å². The van der Waals surface area contributed by atoms with Crippen LogP contribution in [0, 0.1) is 5.92 Å². The van der Waals surface area contributed by atoms with Crippen LogP contribution in [0.15, 0.2) is 0 Å². The Hall–Kier alpha value is -0.160. The van der Waals surface area contributed by atoms with Gasteiger partial charge in [-0.25, -0.2) is 0 Å². The predicted octanol–water partition coefficient (Wildman–Crippen LogP) is -0.340. The molecule has 15 heavy (non-hydrogen) atoms. The molecule has 0 aromatic carbocycles. The van der Waals surface area contributed by atoms with E-state index in [-0.39, 0.29) is 12.7 Å². The molecule has 1 aliphatic rings.